The monoisotopic (exact) mass is 2090 g/mol. The zero-order valence-corrected chi connectivity index (χ0v) is 95.4. The summed E-state index contributed by atoms with van der Waals surface area (Å²) in [4.78, 5) is 8.55. The second kappa shape index (κ2) is 47.1. The van der Waals surface area contributed by atoms with Gasteiger partial charge in [0.1, 0.15) is 56.1 Å². The first-order valence-corrected chi connectivity index (χ1v) is 59.5. The van der Waals surface area contributed by atoms with Crippen molar-refractivity contribution in [1.82, 2.24) is 17.5 Å². The maximum Gasteiger partial charge on any atom is 0.500 e. The molecule has 0 radical (unpaired) electrons. The lowest BCUT2D eigenvalue weighted by atomic mass is 9.71. The van der Waals surface area contributed by atoms with Crippen molar-refractivity contribution in [1.29, 1.82) is 0 Å². The second-order valence-electron chi connectivity index (χ2n) is 46.4. The van der Waals surface area contributed by atoms with Crippen LogP contribution in [0.1, 0.15) is 389 Å². The number of fused-ring (bicyclic) bond motifs is 11. The summed E-state index contributed by atoms with van der Waals surface area (Å²) in [7, 11) is -2.21. The molecule has 6 atom stereocenters. The lowest BCUT2D eigenvalue weighted by Crippen LogP contribution is -2.44. The molecule has 26 heteroatoms. The summed E-state index contributed by atoms with van der Waals surface area (Å²) in [6.45, 7) is 57.1. The molecule has 2 fully saturated rings. The van der Waals surface area contributed by atoms with Gasteiger partial charge in [-0.15, -0.1) is 68.0 Å². The van der Waals surface area contributed by atoms with Crippen molar-refractivity contribution in [3.05, 3.63) is 96.3 Å². The van der Waals surface area contributed by atoms with Crippen molar-refractivity contribution in [3.63, 3.8) is 0 Å². The van der Waals surface area contributed by atoms with Gasteiger partial charge < -0.3 is 32.8 Å². The number of aromatic nitrogens is 4. The van der Waals surface area contributed by atoms with E-state index >= 15 is 17.6 Å². The fraction of sp³-hybridized carbons (Fsp3) is 0.676. The highest BCUT2D eigenvalue weighted by atomic mass is 79.9. The van der Waals surface area contributed by atoms with E-state index in [4.69, 9.17) is 41.6 Å². The molecule has 5 aliphatic rings. The van der Waals surface area contributed by atoms with Crippen LogP contribution in [0.25, 0.3) is 72.2 Å². The van der Waals surface area contributed by atoms with Crippen LogP contribution in [0.5, 0.6) is 17.2 Å². The van der Waals surface area contributed by atoms with Gasteiger partial charge in [-0.25, -0.2) is 17.6 Å². The summed E-state index contributed by atoms with van der Waals surface area (Å²) in [5.41, 5.74) is 1.02. The predicted octanol–water partition coefficient (Wildman–Crippen LogP) is 36.9. The van der Waals surface area contributed by atoms with Crippen molar-refractivity contribution >= 4 is 155 Å². The van der Waals surface area contributed by atoms with E-state index in [0.717, 1.165) is 159 Å². The molecule has 754 valence electrons. The molecule has 8 aromatic heterocycles. The smallest absolute Gasteiger partial charge is 0.481 e. The molecule has 0 bridgehead atoms. The number of benzene rings is 2. The number of ether oxygens (including phenoxy) is 3. The molecular formula is C111H159B2BrF4N4O7S8. The predicted molar refractivity (Wildman–Crippen MR) is 584 cm³/mol. The minimum Gasteiger partial charge on any atom is -0.481 e. The SMILES string of the molecule is CC(C)CCCC(C)CCC1(CCC(C)CCCC(C)C)Oc2ccsc2-c2sc(-c3c(F)c(F)c(-c4cc5c(s4)-c4sccc4OC5(CCC(C)CCCC(C)C)CCC(C)CCCC(C)C)c4nsnc34)cc21.CC(C)CCCC(C)CCC1(CCC(C)CCCC(C)C)Oc2ccsc2-c2sc(Br)cc21.CC1(C)OB(c2c(F)c(F)c(B3OC(C)(C)C(C)(C)O3)c3nsnc23)OC1(C)C. The van der Waals surface area contributed by atoms with Crippen molar-refractivity contribution in [2.45, 2.75) is 412 Å². The van der Waals surface area contributed by atoms with E-state index in [0.29, 0.717) is 68.1 Å². The third-order valence-corrected chi connectivity index (χ3v) is 39.1. The summed E-state index contributed by atoms with van der Waals surface area (Å²) in [6, 6.07) is 13.1. The minimum absolute atomic E-state index is 0.0924. The quantitative estimate of drug-likeness (QED) is 0.0268. The first-order valence-electron chi connectivity index (χ1n) is 52.1. The molecule has 0 N–H and O–H groups in total. The van der Waals surface area contributed by atoms with E-state index in [1.807, 2.05) is 78.1 Å². The first-order chi connectivity index (χ1) is 64.8. The number of hydrogen-bond donors (Lipinski definition) is 0. The normalized spacial score (nSPS) is 20.2. The third kappa shape index (κ3) is 25.9. The second-order valence-corrected chi connectivity index (χ2v) is 54.7. The van der Waals surface area contributed by atoms with Crippen LogP contribution in [0.2, 0.25) is 0 Å². The largest absolute Gasteiger partial charge is 0.500 e. The Kier molecular flexibility index (Phi) is 37.9. The zero-order valence-electron chi connectivity index (χ0n) is 87.3. The Labute approximate surface area is 861 Å². The summed E-state index contributed by atoms with van der Waals surface area (Å²) < 4.78 is 131. The molecule has 0 amide bonds. The van der Waals surface area contributed by atoms with Crippen LogP contribution in [0.4, 0.5) is 17.6 Å². The maximum atomic E-state index is 17.8. The van der Waals surface area contributed by atoms with E-state index in [9.17, 15) is 0 Å². The Hall–Kier alpha value is -4.15. The highest BCUT2D eigenvalue weighted by molar-refractivity contribution is 9.11. The highest BCUT2D eigenvalue weighted by Crippen LogP contribution is 2.62. The first kappa shape index (κ1) is 110. The van der Waals surface area contributed by atoms with E-state index in [-0.39, 0.29) is 38.7 Å². The molecule has 2 aromatic carbocycles. The van der Waals surface area contributed by atoms with Crippen LogP contribution >= 0.6 is 107 Å². The van der Waals surface area contributed by atoms with Gasteiger partial charge in [-0.3, -0.25) is 0 Å². The summed E-state index contributed by atoms with van der Waals surface area (Å²) in [5, 5.41) is 6.43. The number of nitrogens with zero attached hydrogens (tertiary/aromatic N) is 4. The van der Waals surface area contributed by atoms with Gasteiger partial charge in [-0.2, -0.15) is 17.5 Å². The summed E-state index contributed by atoms with van der Waals surface area (Å²) in [6.07, 6.45) is 35.2. The minimum atomic E-state index is -1.10. The van der Waals surface area contributed by atoms with Gasteiger partial charge in [0, 0.05) is 26.4 Å². The number of thiophene rings is 6. The van der Waals surface area contributed by atoms with Gasteiger partial charge in [0.25, 0.3) is 0 Å². The molecule has 5 aliphatic heterocycles. The standard InChI is InChI=1S/C64H90F2N2O2S5.C29H45BrOS2.C18H24B2F2N2O4S/c1-39(2)17-13-21-43(9)25-31-63(32-26-44(10)22-14-18-40(3)4)47-37-51(73-59(47)61-49(69-63)29-35-71-61)53-55(65)56(66)54(58-57(53)67-75-68-58)52-38-48-60(74-52)62-50(30-36-72-62)70-64(48,33-27-45(11)23-15-19-41(5)6)34-28-46(12)24-16-20-42(7)8;1-20(2)9-7-11-22(5)13-16-29(17-14-23(6)12-8-10-21(3)4)24-19-26(30)33-27(24)28-25(31-29)15-18-32-28;1-15(2)16(3,4)26-19(25-15)9-11(21)12(22)10(14-13(9)23-29-24-14)20-27-17(5,6)18(7,8)28-20/h29-30,35-46H,13-28,31-34H2,1-12H3;15,18-23H,7-14,16-17H2,1-6H3;1-8H3. The van der Waals surface area contributed by atoms with Gasteiger partial charge in [0.2, 0.25) is 0 Å². The molecule has 11 nitrogen and oxygen atoms in total. The van der Waals surface area contributed by atoms with E-state index in [1.54, 1.807) is 45.3 Å². The Balaban J connectivity index is 0.000000208. The third-order valence-electron chi connectivity index (χ3n) is 30.9. The molecular weight excluding hydrogens is 1940 g/mol. The molecule has 137 heavy (non-hydrogen) atoms. The summed E-state index contributed by atoms with van der Waals surface area (Å²) >= 11 is 15.9. The van der Waals surface area contributed by atoms with Crippen LogP contribution < -0.4 is 25.1 Å². The van der Waals surface area contributed by atoms with Crippen molar-refractivity contribution < 1.29 is 50.4 Å². The Morgan fingerprint density at radius 2 is 0.547 bits per heavy atom. The topological polar surface area (TPSA) is 116 Å². The average molecular weight is 2100 g/mol. The van der Waals surface area contributed by atoms with Gasteiger partial charge in [-0.05, 0) is 272 Å². The van der Waals surface area contributed by atoms with Crippen LogP contribution in [0, 0.1) is 94.3 Å². The Bertz CT molecular complexity index is 5210. The molecule has 0 saturated carbocycles. The molecule has 15 rings (SSSR count). The van der Waals surface area contributed by atoms with Crippen LogP contribution in [0.3, 0.4) is 0 Å². The number of rotatable bonds is 46. The Morgan fingerprint density at radius 3 is 0.803 bits per heavy atom. The molecule has 10 aromatic rings. The van der Waals surface area contributed by atoms with Gasteiger partial charge in [0.15, 0.2) is 23.3 Å². The molecule has 0 spiro atoms. The van der Waals surface area contributed by atoms with Crippen molar-refractivity contribution in [3.8, 4) is 67.4 Å². The highest BCUT2D eigenvalue weighted by Gasteiger charge is 2.58. The molecule has 13 heterocycles. The lowest BCUT2D eigenvalue weighted by Gasteiger charge is -2.39. The number of halogens is 5. The fourth-order valence-corrected chi connectivity index (χ4v) is 28.9. The average Bonchev–Trinajstić information content (AvgIpc) is 1.55. The lowest BCUT2D eigenvalue weighted by molar-refractivity contribution is 0.00578. The summed E-state index contributed by atoms with van der Waals surface area (Å²) in [5.74, 6) is 7.19. The van der Waals surface area contributed by atoms with E-state index in [2.05, 4.69) is 202 Å². The van der Waals surface area contributed by atoms with E-state index < -0.39 is 71.1 Å². The van der Waals surface area contributed by atoms with Gasteiger partial charge in [-0.1, -0.05) is 240 Å². The van der Waals surface area contributed by atoms with Crippen LogP contribution in [0.15, 0.2) is 56.3 Å². The molecule has 2 saturated heterocycles. The zero-order chi connectivity index (χ0) is 99.2. The Morgan fingerprint density at radius 1 is 0.307 bits per heavy atom. The fourth-order valence-electron chi connectivity index (χ4n) is 20.5. The van der Waals surface area contributed by atoms with Gasteiger partial charge >= 0.3 is 14.2 Å². The van der Waals surface area contributed by atoms with Crippen molar-refractivity contribution in [2.24, 2.45) is 71.0 Å². The van der Waals surface area contributed by atoms with Crippen LogP contribution in [-0.2, 0) is 35.4 Å². The van der Waals surface area contributed by atoms with Crippen LogP contribution in [-0.4, -0.2) is 54.1 Å². The van der Waals surface area contributed by atoms with E-state index in [1.165, 1.54) is 148 Å². The molecule has 0 aliphatic carbocycles. The maximum absolute atomic E-state index is 17.8. The number of hydrogen-bond acceptors (Lipinski definition) is 19. The molecule has 6 unspecified atom stereocenters. The van der Waals surface area contributed by atoms with Crippen molar-refractivity contribution in [2.75, 3.05) is 0 Å². The van der Waals surface area contributed by atoms with Gasteiger partial charge in [0.05, 0.1) is 101 Å².